The Balaban J connectivity index is 1.59. The van der Waals surface area contributed by atoms with Crippen molar-refractivity contribution in [1.29, 1.82) is 0 Å². The lowest BCUT2D eigenvalue weighted by Gasteiger charge is -2.31. The number of nitrogens with zero attached hydrogens (tertiary/aromatic N) is 3. The first-order chi connectivity index (χ1) is 13.8. The van der Waals surface area contributed by atoms with Gasteiger partial charge < -0.3 is 14.8 Å². The van der Waals surface area contributed by atoms with Crippen molar-refractivity contribution < 1.29 is 13.2 Å². The minimum atomic E-state index is -3.56. The molecule has 0 saturated carbocycles. The van der Waals surface area contributed by atoms with Crippen molar-refractivity contribution in [3.63, 3.8) is 0 Å². The van der Waals surface area contributed by atoms with Crippen LogP contribution in [-0.2, 0) is 21.4 Å². The van der Waals surface area contributed by atoms with Crippen molar-refractivity contribution in [1.82, 2.24) is 18.8 Å². The standard InChI is InChI=1S/C18H23N5O5S/c1-21-10-12-23(13-11-21)29(27,28)15-4-2-14(3-5-15)19-16(24)6-8-22-9-7-17(25)20-18(22)26/h2-5,7,9H,6,8,10-13H2,1H3,(H,19,24)(H,20,25,26). The first-order valence-electron chi connectivity index (χ1n) is 9.14. The second-order valence-electron chi connectivity index (χ2n) is 6.83. The maximum Gasteiger partial charge on any atom is 0.328 e. The van der Waals surface area contributed by atoms with Crippen LogP contribution in [-0.4, -0.2) is 66.3 Å². The Labute approximate surface area is 167 Å². The summed E-state index contributed by atoms with van der Waals surface area (Å²) in [5, 5.41) is 2.67. The number of hydrogen-bond donors (Lipinski definition) is 2. The molecule has 2 heterocycles. The lowest BCUT2D eigenvalue weighted by atomic mass is 10.3. The van der Waals surface area contributed by atoms with E-state index in [4.69, 9.17) is 0 Å². The minimum absolute atomic E-state index is 0.0211. The topological polar surface area (TPSA) is 125 Å². The van der Waals surface area contributed by atoms with Gasteiger partial charge in [-0.2, -0.15) is 4.31 Å². The Bertz CT molecular complexity index is 1080. The molecule has 1 amide bonds. The van der Waals surface area contributed by atoms with E-state index in [9.17, 15) is 22.8 Å². The monoisotopic (exact) mass is 421 g/mol. The number of aromatic amines is 1. The van der Waals surface area contributed by atoms with Gasteiger partial charge in [0.2, 0.25) is 15.9 Å². The van der Waals surface area contributed by atoms with Crippen LogP contribution in [0, 0.1) is 0 Å². The summed E-state index contributed by atoms with van der Waals surface area (Å²) in [5.74, 6) is -0.335. The number of piperazine rings is 1. The molecule has 3 rings (SSSR count). The van der Waals surface area contributed by atoms with E-state index in [1.165, 1.54) is 45.4 Å². The van der Waals surface area contributed by atoms with Gasteiger partial charge in [-0.05, 0) is 31.3 Å². The summed E-state index contributed by atoms with van der Waals surface area (Å²) in [6.45, 7) is 2.37. The molecule has 10 nitrogen and oxygen atoms in total. The fraction of sp³-hybridized carbons (Fsp3) is 0.389. The fourth-order valence-corrected chi connectivity index (χ4v) is 4.38. The Morgan fingerprint density at radius 1 is 1.07 bits per heavy atom. The second kappa shape index (κ2) is 8.72. The van der Waals surface area contributed by atoms with Crippen LogP contribution >= 0.6 is 0 Å². The number of anilines is 1. The van der Waals surface area contributed by atoms with E-state index < -0.39 is 21.3 Å². The molecule has 1 saturated heterocycles. The molecular formula is C18H23N5O5S. The highest BCUT2D eigenvalue weighted by Crippen LogP contribution is 2.19. The molecule has 1 aliphatic rings. The zero-order valence-electron chi connectivity index (χ0n) is 16.0. The molecule has 0 spiro atoms. The number of rotatable bonds is 6. The first-order valence-corrected chi connectivity index (χ1v) is 10.6. The summed E-state index contributed by atoms with van der Waals surface area (Å²) in [7, 11) is -1.61. The summed E-state index contributed by atoms with van der Waals surface area (Å²) < 4.78 is 28.1. The lowest BCUT2D eigenvalue weighted by Crippen LogP contribution is -2.46. The molecule has 1 aromatic heterocycles. The maximum atomic E-state index is 12.7. The van der Waals surface area contributed by atoms with Gasteiger partial charge in [-0.25, -0.2) is 13.2 Å². The van der Waals surface area contributed by atoms with Gasteiger partial charge in [-0.1, -0.05) is 0 Å². The summed E-state index contributed by atoms with van der Waals surface area (Å²) in [4.78, 5) is 39.1. The average molecular weight is 421 g/mol. The molecule has 0 atom stereocenters. The number of aryl methyl sites for hydroxylation is 1. The van der Waals surface area contributed by atoms with Gasteiger partial charge in [0.25, 0.3) is 5.56 Å². The molecule has 1 fully saturated rings. The van der Waals surface area contributed by atoms with E-state index in [2.05, 4.69) is 15.2 Å². The van der Waals surface area contributed by atoms with Crippen LogP contribution in [0.1, 0.15) is 6.42 Å². The van der Waals surface area contributed by atoms with Gasteiger partial charge >= 0.3 is 5.69 Å². The Kier molecular flexibility index (Phi) is 6.30. The number of aromatic nitrogens is 2. The number of nitrogens with one attached hydrogen (secondary N) is 2. The first kappa shape index (κ1) is 21.0. The number of carbonyl (C=O) groups excluding carboxylic acids is 1. The quantitative estimate of drug-likeness (QED) is 0.648. The third kappa shape index (κ3) is 5.19. The van der Waals surface area contributed by atoms with Crippen molar-refractivity contribution in [3.05, 3.63) is 57.4 Å². The van der Waals surface area contributed by atoms with Gasteiger partial charge in [0.1, 0.15) is 0 Å². The number of H-pyrrole nitrogens is 1. The molecule has 1 aliphatic heterocycles. The third-order valence-electron chi connectivity index (χ3n) is 4.71. The number of likely N-dealkylation sites (N-methyl/N-ethyl adjacent to an activating group) is 1. The predicted octanol–water partition coefficient (Wildman–Crippen LogP) is -0.498. The minimum Gasteiger partial charge on any atom is -0.326 e. The number of sulfonamides is 1. The summed E-state index contributed by atoms with van der Waals surface area (Å²) in [6.07, 6.45) is 1.35. The van der Waals surface area contributed by atoms with Crippen molar-refractivity contribution >= 4 is 21.6 Å². The van der Waals surface area contributed by atoms with E-state index in [-0.39, 0.29) is 23.8 Å². The third-order valence-corrected chi connectivity index (χ3v) is 6.63. The maximum absolute atomic E-state index is 12.7. The fourth-order valence-electron chi connectivity index (χ4n) is 2.95. The van der Waals surface area contributed by atoms with Gasteiger partial charge in [0.15, 0.2) is 0 Å². The highest BCUT2D eigenvalue weighted by molar-refractivity contribution is 7.89. The van der Waals surface area contributed by atoms with Crippen molar-refractivity contribution in [2.24, 2.45) is 0 Å². The predicted molar refractivity (Wildman–Crippen MR) is 107 cm³/mol. The molecule has 0 bridgehead atoms. The molecule has 2 N–H and O–H groups in total. The lowest BCUT2D eigenvalue weighted by molar-refractivity contribution is -0.116. The Morgan fingerprint density at radius 3 is 2.34 bits per heavy atom. The molecule has 156 valence electrons. The number of benzene rings is 1. The number of hydrogen-bond acceptors (Lipinski definition) is 6. The highest BCUT2D eigenvalue weighted by Gasteiger charge is 2.27. The van der Waals surface area contributed by atoms with E-state index in [0.29, 0.717) is 31.9 Å². The Hall–Kier alpha value is -2.76. The molecular weight excluding hydrogens is 398 g/mol. The molecule has 0 aliphatic carbocycles. The molecule has 0 radical (unpaired) electrons. The van der Waals surface area contributed by atoms with Crippen molar-refractivity contribution in [2.45, 2.75) is 17.9 Å². The van der Waals surface area contributed by atoms with Crippen molar-refractivity contribution in [2.75, 3.05) is 38.5 Å². The Morgan fingerprint density at radius 2 is 1.72 bits per heavy atom. The van der Waals surface area contributed by atoms with E-state index in [0.717, 1.165) is 0 Å². The molecule has 2 aromatic rings. The van der Waals surface area contributed by atoms with Gasteiger partial charge in [-0.3, -0.25) is 14.6 Å². The normalized spacial score (nSPS) is 15.9. The van der Waals surface area contributed by atoms with Gasteiger partial charge in [0, 0.05) is 57.1 Å². The van der Waals surface area contributed by atoms with Crippen LogP contribution in [0.3, 0.4) is 0 Å². The zero-order chi connectivity index (χ0) is 21.0. The SMILES string of the molecule is CN1CCN(S(=O)(=O)c2ccc(NC(=O)CCn3ccc(=O)[nH]c3=O)cc2)CC1. The van der Waals surface area contributed by atoms with Crippen LogP contribution in [0.4, 0.5) is 5.69 Å². The van der Waals surface area contributed by atoms with Crippen LogP contribution in [0.5, 0.6) is 0 Å². The van der Waals surface area contributed by atoms with Crippen LogP contribution in [0.2, 0.25) is 0 Å². The van der Waals surface area contributed by atoms with Gasteiger partial charge in [0.05, 0.1) is 4.90 Å². The van der Waals surface area contributed by atoms with Crippen LogP contribution in [0.25, 0.3) is 0 Å². The smallest absolute Gasteiger partial charge is 0.326 e. The van der Waals surface area contributed by atoms with Crippen LogP contribution in [0.15, 0.2) is 51.0 Å². The number of carbonyl (C=O) groups is 1. The number of amides is 1. The largest absolute Gasteiger partial charge is 0.328 e. The van der Waals surface area contributed by atoms with E-state index in [1.54, 1.807) is 0 Å². The molecule has 11 heteroatoms. The average Bonchev–Trinajstić information content (AvgIpc) is 2.68. The summed E-state index contributed by atoms with van der Waals surface area (Å²) in [5.41, 5.74) is -0.618. The summed E-state index contributed by atoms with van der Waals surface area (Å²) >= 11 is 0. The van der Waals surface area contributed by atoms with Gasteiger partial charge in [-0.15, -0.1) is 0 Å². The van der Waals surface area contributed by atoms with Crippen LogP contribution < -0.4 is 16.6 Å². The zero-order valence-corrected chi connectivity index (χ0v) is 16.8. The van der Waals surface area contributed by atoms with E-state index in [1.807, 2.05) is 7.05 Å². The molecule has 0 unspecified atom stereocenters. The second-order valence-corrected chi connectivity index (χ2v) is 8.77. The molecule has 29 heavy (non-hydrogen) atoms. The van der Waals surface area contributed by atoms with E-state index >= 15 is 0 Å². The molecule has 1 aromatic carbocycles. The summed E-state index contributed by atoms with van der Waals surface area (Å²) in [6, 6.07) is 7.21. The highest BCUT2D eigenvalue weighted by atomic mass is 32.2. The van der Waals surface area contributed by atoms with Crippen molar-refractivity contribution in [3.8, 4) is 0 Å².